The van der Waals surface area contributed by atoms with E-state index >= 15 is 0 Å². The van der Waals surface area contributed by atoms with E-state index in [1.165, 1.54) is 133 Å². The predicted octanol–water partition coefficient (Wildman–Crippen LogP) is 10.9. The van der Waals surface area contributed by atoms with Crippen LogP contribution in [0.5, 0.6) is 0 Å². The van der Waals surface area contributed by atoms with Crippen molar-refractivity contribution in [1.82, 2.24) is 19.9 Å². The van der Waals surface area contributed by atoms with Gasteiger partial charge in [0.25, 0.3) is 0 Å². The largest absolute Gasteiger partial charge is 0.353 e. The van der Waals surface area contributed by atoms with Crippen LogP contribution in [0.15, 0.2) is 12.1 Å². The summed E-state index contributed by atoms with van der Waals surface area (Å²) >= 11 is 0. The first-order valence-corrected chi connectivity index (χ1v) is 15.2. The number of nitrogens with one attached hydrogen (secondary N) is 4. The summed E-state index contributed by atoms with van der Waals surface area (Å²) in [6.45, 7) is 27.1. The fraction of sp³-hybridized carbons (Fsp3) is 0.316. The molecule has 4 N–H and O–H groups in total. The van der Waals surface area contributed by atoms with Gasteiger partial charge in [0.1, 0.15) is 0 Å². The average Bonchev–Trinajstić information content (AvgIpc) is 3.74. The van der Waals surface area contributed by atoms with Gasteiger partial charge in [0.05, 0.1) is 22.1 Å². The molecule has 0 unspecified atom stereocenters. The minimum absolute atomic E-state index is 1.19. The van der Waals surface area contributed by atoms with Crippen molar-refractivity contribution in [2.75, 3.05) is 0 Å². The summed E-state index contributed by atoms with van der Waals surface area (Å²) in [6.07, 6.45) is 0. The molecule has 0 radical (unpaired) electrons. The molecule has 0 aromatic carbocycles. The lowest BCUT2D eigenvalue weighted by atomic mass is 10.0. The molecule has 5 heterocycles. The van der Waals surface area contributed by atoms with E-state index in [1.54, 1.807) is 0 Å². The Morgan fingerprint density at radius 3 is 0.619 bits per heavy atom. The van der Waals surface area contributed by atoms with Gasteiger partial charge < -0.3 is 19.9 Å². The highest BCUT2D eigenvalue weighted by atomic mass is 14.8. The Labute approximate surface area is 248 Å². The van der Waals surface area contributed by atoms with E-state index in [1.807, 2.05) is 0 Å². The van der Waals surface area contributed by atoms with Gasteiger partial charge in [0.15, 0.2) is 0 Å². The summed E-state index contributed by atoms with van der Waals surface area (Å²) in [5, 5.41) is 0. The van der Waals surface area contributed by atoms with Gasteiger partial charge in [-0.3, -0.25) is 0 Å². The standard InChI is InChI=1S/C38H42N4/c1-15-16(2)28-13-27(15)31-19(5)23(9)35(39-31)36-25(11)21(7)33(41-36)29-14-30(18(4)17(29)3)34-22(8)26(12)38(42-34)37-24(10)20(6)32(28)40-37/h13-14,39-42H,1-12H3. The number of allylic oxidation sites excluding steroid dienone is 4. The summed E-state index contributed by atoms with van der Waals surface area (Å²) in [5.74, 6) is 0. The second-order valence-corrected chi connectivity index (χ2v) is 12.9. The van der Waals surface area contributed by atoms with Crippen LogP contribution >= 0.6 is 0 Å². The molecule has 0 spiro atoms. The number of rotatable bonds is 0. The molecule has 4 heteroatoms. The van der Waals surface area contributed by atoms with Gasteiger partial charge in [-0.1, -0.05) is 0 Å². The van der Waals surface area contributed by atoms with Crippen LogP contribution in [0.1, 0.15) is 94.5 Å². The van der Waals surface area contributed by atoms with Crippen LogP contribution in [0.4, 0.5) is 0 Å². The highest BCUT2D eigenvalue weighted by Gasteiger charge is 2.23. The van der Waals surface area contributed by atoms with Crippen LogP contribution in [0.2, 0.25) is 0 Å². The van der Waals surface area contributed by atoms with E-state index in [4.69, 9.17) is 0 Å². The van der Waals surface area contributed by atoms with Gasteiger partial charge in [-0.25, -0.2) is 0 Å². The molecule has 0 amide bonds. The molecule has 0 aliphatic heterocycles. The summed E-state index contributed by atoms with van der Waals surface area (Å²) < 4.78 is 0. The molecular formula is C38H42N4. The first-order chi connectivity index (χ1) is 19.8. The zero-order chi connectivity index (χ0) is 30.1. The van der Waals surface area contributed by atoms with Gasteiger partial charge in [-0.2, -0.15) is 0 Å². The maximum Gasteiger partial charge on any atom is 0.0659 e. The monoisotopic (exact) mass is 554 g/mol. The summed E-state index contributed by atoms with van der Waals surface area (Å²) in [5.41, 5.74) is 30.5. The van der Waals surface area contributed by atoms with Crippen molar-refractivity contribution in [2.45, 2.75) is 83.1 Å². The maximum absolute atomic E-state index is 3.90. The van der Waals surface area contributed by atoms with Crippen molar-refractivity contribution in [3.8, 4) is 0 Å². The van der Waals surface area contributed by atoms with Crippen LogP contribution in [-0.4, -0.2) is 19.9 Å². The van der Waals surface area contributed by atoms with Crippen LogP contribution < -0.4 is 0 Å². The first-order valence-electron chi connectivity index (χ1n) is 15.2. The first kappa shape index (κ1) is 26.7. The quantitative estimate of drug-likeness (QED) is 0.147. The number of aryl methyl sites for hydroxylation is 8. The number of hydrogen-bond donors (Lipinski definition) is 4. The number of aromatic amines is 4. The molecular weight excluding hydrogens is 512 g/mol. The number of hydrogen-bond acceptors (Lipinski definition) is 0. The molecule has 2 aliphatic rings. The van der Waals surface area contributed by atoms with Crippen LogP contribution in [0.25, 0.3) is 66.4 Å². The van der Waals surface area contributed by atoms with Crippen LogP contribution in [0, 0.1) is 55.4 Å². The molecule has 12 bridgehead atoms. The Bertz CT molecular complexity index is 1980. The van der Waals surface area contributed by atoms with Crippen LogP contribution in [-0.2, 0) is 0 Å². The number of fused-ring (bicyclic) bond motifs is 18. The van der Waals surface area contributed by atoms with Gasteiger partial charge >= 0.3 is 0 Å². The third-order valence-corrected chi connectivity index (χ3v) is 11.1. The average molecular weight is 555 g/mol. The van der Waals surface area contributed by atoms with Gasteiger partial charge in [-0.05, 0) is 162 Å². The second kappa shape index (κ2) is 8.67. The van der Waals surface area contributed by atoms with E-state index in [9.17, 15) is 0 Å². The van der Waals surface area contributed by atoms with Gasteiger partial charge in [0.2, 0.25) is 0 Å². The van der Waals surface area contributed by atoms with E-state index in [0.29, 0.717) is 0 Å². The molecule has 0 fully saturated rings. The molecule has 214 valence electrons. The molecule has 42 heavy (non-hydrogen) atoms. The molecule has 5 aromatic rings. The third kappa shape index (κ3) is 3.24. The van der Waals surface area contributed by atoms with Crippen molar-refractivity contribution < 1.29 is 0 Å². The SMILES string of the molecule is CC1=C(C)c2cc1c1[nH]c(c(C)c1C)c1[nH]c(c3cc(c4[nH]c(c(C)c4C)c4[nH]c2c(C)c4C)C(C)=C3C)c(C)c1C. The molecule has 2 aliphatic carbocycles. The zero-order valence-electron chi connectivity index (χ0n) is 27.2. The smallest absolute Gasteiger partial charge is 0.0659 e. The van der Waals surface area contributed by atoms with Crippen molar-refractivity contribution in [3.63, 3.8) is 0 Å². The topological polar surface area (TPSA) is 63.2 Å². The lowest BCUT2D eigenvalue weighted by molar-refractivity contribution is 1.42. The Morgan fingerprint density at radius 2 is 0.429 bits per heavy atom. The Balaban J connectivity index is 1.81. The van der Waals surface area contributed by atoms with Crippen molar-refractivity contribution in [1.29, 1.82) is 0 Å². The fourth-order valence-electron chi connectivity index (χ4n) is 7.40. The molecule has 7 rings (SSSR count). The van der Waals surface area contributed by atoms with E-state index in [0.717, 1.165) is 0 Å². The summed E-state index contributed by atoms with van der Waals surface area (Å²) in [4.78, 5) is 15.6. The van der Waals surface area contributed by atoms with Gasteiger partial charge in [0, 0.05) is 44.3 Å². The third-order valence-electron chi connectivity index (χ3n) is 11.1. The highest BCUT2D eigenvalue weighted by molar-refractivity contribution is 6.07. The van der Waals surface area contributed by atoms with E-state index in [2.05, 4.69) is 115 Å². The lowest BCUT2D eigenvalue weighted by Gasteiger charge is -2.00. The Morgan fingerprint density at radius 1 is 0.262 bits per heavy atom. The minimum Gasteiger partial charge on any atom is -0.353 e. The van der Waals surface area contributed by atoms with Crippen LogP contribution in [0.3, 0.4) is 0 Å². The molecule has 5 aromatic heterocycles. The maximum atomic E-state index is 3.90. The Hall–Kier alpha value is -4.18. The minimum atomic E-state index is 1.19. The van der Waals surface area contributed by atoms with Crippen molar-refractivity contribution in [3.05, 3.63) is 78.9 Å². The van der Waals surface area contributed by atoms with Crippen molar-refractivity contribution >= 4 is 66.4 Å². The lowest BCUT2D eigenvalue weighted by Crippen LogP contribution is -1.79. The molecule has 4 nitrogen and oxygen atoms in total. The zero-order valence-corrected chi connectivity index (χ0v) is 27.2. The Kier molecular flexibility index (Phi) is 5.51. The fourth-order valence-corrected chi connectivity index (χ4v) is 7.40. The predicted molar refractivity (Wildman–Crippen MR) is 183 cm³/mol. The van der Waals surface area contributed by atoms with E-state index in [-0.39, 0.29) is 0 Å². The molecule has 0 atom stereocenters. The van der Waals surface area contributed by atoms with Gasteiger partial charge in [-0.15, -0.1) is 0 Å². The normalized spacial score (nSPS) is 14.0. The summed E-state index contributed by atoms with van der Waals surface area (Å²) in [7, 11) is 0. The molecule has 0 saturated carbocycles. The van der Waals surface area contributed by atoms with Crippen molar-refractivity contribution in [2.24, 2.45) is 0 Å². The van der Waals surface area contributed by atoms with E-state index < -0.39 is 0 Å². The number of aromatic nitrogens is 4. The number of H-pyrrole nitrogens is 4. The highest BCUT2D eigenvalue weighted by Crippen LogP contribution is 2.43. The second-order valence-electron chi connectivity index (χ2n) is 12.9. The summed E-state index contributed by atoms with van der Waals surface area (Å²) in [6, 6.07) is 4.79. The molecule has 0 saturated heterocycles.